The fraction of sp³-hybridized carbons (Fsp3) is 0.818. The van der Waals surface area contributed by atoms with Crippen molar-refractivity contribution < 1.29 is 4.52 Å². The quantitative estimate of drug-likeness (QED) is 0.869. The van der Waals surface area contributed by atoms with Crippen molar-refractivity contribution in [1.29, 1.82) is 0 Å². The molecule has 0 spiro atoms. The number of hydrogen-bond donors (Lipinski definition) is 1. The summed E-state index contributed by atoms with van der Waals surface area (Å²) in [6.07, 6.45) is 1.06. The van der Waals surface area contributed by atoms with Gasteiger partial charge in [0.15, 0.2) is 5.82 Å². The van der Waals surface area contributed by atoms with Crippen LogP contribution >= 0.6 is 12.4 Å². The molecule has 6 heteroatoms. The van der Waals surface area contributed by atoms with Crippen LogP contribution in [0.1, 0.15) is 38.9 Å². The van der Waals surface area contributed by atoms with E-state index < -0.39 is 0 Å². The summed E-state index contributed by atoms with van der Waals surface area (Å²) in [4.78, 5) is 6.66. The summed E-state index contributed by atoms with van der Waals surface area (Å²) in [6, 6.07) is 0.296. The number of hydrogen-bond acceptors (Lipinski definition) is 5. The molecule has 1 fully saturated rings. The molecule has 0 unspecified atom stereocenters. The average molecular weight is 261 g/mol. The van der Waals surface area contributed by atoms with E-state index in [9.17, 15) is 0 Å². The zero-order chi connectivity index (χ0) is 11.8. The zero-order valence-electron chi connectivity index (χ0n) is 10.6. The van der Waals surface area contributed by atoms with Gasteiger partial charge in [-0.2, -0.15) is 4.98 Å². The molecule has 1 saturated heterocycles. The van der Waals surface area contributed by atoms with Crippen LogP contribution in [0, 0.1) is 0 Å². The Hall–Kier alpha value is -0.650. The molecule has 0 amide bonds. The van der Waals surface area contributed by atoms with Gasteiger partial charge in [0, 0.05) is 24.5 Å². The second kappa shape index (κ2) is 5.33. The fourth-order valence-electron chi connectivity index (χ4n) is 1.82. The molecule has 98 valence electrons. The van der Waals surface area contributed by atoms with Crippen LogP contribution in [-0.2, 0) is 12.0 Å². The second-order valence-corrected chi connectivity index (χ2v) is 5.55. The molecule has 1 aromatic heterocycles. The van der Waals surface area contributed by atoms with Crippen molar-refractivity contribution in [2.45, 2.75) is 45.2 Å². The monoisotopic (exact) mass is 260 g/mol. The molecule has 0 bridgehead atoms. The SMILES string of the molecule is CC(C)(C)c1noc(CN2CC[C@H](N)C2)n1.Cl. The van der Waals surface area contributed by atoms with E-state index in [-0.39, 0.29) is 17.8 Å². The number of likely N-dealkylation sites (tertiary alicyclic amines) is 1. The Morgan fingerprint density at radius 1 is 1.47 bits per heavy atom. The summed E-state index contributed by atoms with van der Waals surface area (Å²) < 4.78 is 5.24. The molecule has 0 radical (unpaired) electrons. The number of rotatable bonds is 2. The average Bonchev–Trinajstić information content (AvgIpc) is 2.74. The summed E-state index contributed by atoms with van der Waals surface area (Å²) in [6.45, 7) is 8.90. The van der Waals surface area contributed by atoms with E-state index in [4.69, 9.17) is 10.3 Å². The first kappa shape index (κ1) is 14.4. The molecule has 0 saturated carbocycles. The predicted molar refractivity (Wildman–Crippen MR) is 68.1 cm³/mol. The first-order chi connectivity index (χ1) is 7.45. The number of halogens is 1. The highest BCUT2D eigenvalue weighted by Crippen LogP contribution is 2.19. The molecule has 1 atom stereocenters. The number of nitrogens with two attached hydrogens (primary N) is 1. The molecule has 1 aliphatic heterocycles. The molecule has 2 N–H and O–H groups in total. The van der Waals surface area contributed by atoms with E-state index in [1.54, 1.807) is 0 Å². The zero-order valence-corrected chi connectivity index (χ0v) is 11.5. The molecule has 0 aromatic carbocycles. The van der Waals surface area contributed by atoms with Gasteiger partial charge in [-0.05, 0) is 6.42 Å². The van der Waals surface area contributed by atoms with Gasteiger partial charge in [-0.25, -0.2) is 0 Å². The molecule has 1 aromatic rings. The largest absolute Gasteiger partial charge is 0.338 e. The van der Waals surface area contributed by atoms with Crippen LogP contribution in [0.5, 0.6) is 0 Å². The minimum atomic E-state index is -0.0524. The van der Waals surface area contributed by atoms with Crippen LogP contribution in [0.3, 0.4) is 0 Å². The number of aromatic nitrogens is 2. The van der Waals surface area contributed by atoms with E-state index in [1.807, 2.05) is 0 Å². The van der Waals surface area contributed by atoms with Gasteiger partial charge < -0.3 is 10.3 Å². The molecule has 17 heavy (non-hydrogen) atoms. The summed E-state index contributed by atoms with van der Waals surface area (Å²) in [5.41, 5.74) is 5.79. The normalized spacial score (nSPS) is 21.5. The first-order valence-electron chi connectivity index (χ1n) is 5.76. The van der Waals surface area contributed by atoms with Gasteiger partial charge in [-0.3, -0.25) is 4.90 Å². The molecule has 5 nitrogen and oxygen atoms in total. The lowest BCUT2D eigenvalue weighted by Crippen LogP contribution is -2.26. The molecule has 2 heterocycles. The standard InChI is InChI=1S/C11H20N4O.ClH/c1-11(2,3)10-13-9(16-14-10)7-15-5-4-8(12)6-15;/h8H,4-7,12H2,1-3H3;1H/t8-;/m0./s1. The summed E-state index contributed by atoms with van der Waals surface area (Å²) in [5.74, 6) is 1.46. The van der Waals surface area contributed by atoms with E-state index >= 15 is 0 Å². The van der Waals surface area contributed by atoms with Crippen molar-refractivity contribution in [3.63, 3.8) is 0 Å². The van der Waals surface area contributed by atoms with Gasteiger partial charge in [0.25, 0.3) is 0 Å². The Bertz CT molecular complexity index is 361. The third kappa shape index (κ3) is 3.66. The lowest BCUT2D eigenvalue weighted by atomic mass is 9.96. The summed E-state index contributed by atoms with van der Waals surface area (Å²) >= 11 is 0. The van der Waals surface area contributed by atoms with Crippen LogP contribution in [0.2, 0.25) is 0 Å². The third-order valence-electron chi connectivity index (χ3n) is 2.81. The highest BCUT2D eigenvalue weighted by Gasteiger charge is 2.24. The maximum absolute atomic E-state index is 5.84. The predicted octanol–water partition coefficient (Wildman–Crippen LogP) is 1.32. The Labute approximate surface area is 108 Å². The van der Waals surface area contributed by atoms with Crippen molar-refractivity contribution in [2.75, 3.05) is 13.1 Å². The van der Waals surface area contributed by atoms with Gasteiger partial charge in [-0.15, -0.1) is 12.4 Å². The summed E-state index contributed by atoms with van der Waals surface area (Å²) in [7, 11) is 0. The molecule has 2 rings (SSSR count). The maximum atomic E-state index is 5.84. The topological polar surface area (TPSA) is 68.2 Å². The van der Waals surface area contributed by atoms with Crippen molar-refractivity contribution in [3.8, 4) is 0 Å². The van der Waals surface area contributed by atoms with Crippen molar-refractivity contribution >= 4 is 12.4 Å². The van der Waals surface area contributed by atoms with E-state index in [0.717, 1.165) is 31.9 Å². The maximum Gasteiger partial charge on any atom is 0.240 e. The summed E-state index contributed by atoms with van der Waals surface area (Å²) in [5, 5.41) is 4.00. The van der Waals surface area contributed by atoms with Gasteiger partial charge >= 0.3 is 0 Å². The Morgan fingerprint density at radius 3 is 2.65 bits per heavy atom. The van der Waals surface area contributed by atoms with Gasteiger partial charge in [0.05, 0.1) is 6.54 Å². The Morgan fingerprint density at radius 2 is 2.18 bits per heavy atom. The van der Waals surface area contributed by atoms with E-state index in [1.165, 1.54) is 0 Å². The van der Waals surface area contributed by atoms with Crippen LogP contribution < -0.4 is 5.73 Å². The smallest absolute Gasteiger partial charge is 0.240 e. The lowest BCUT2D eigenvalue weighted by Gasteiger charge is -2.12. The van der Waals surface area contributed by atoms with Crippen LogP contribution in [-0.4, -0.2) is 34.2 Å². The number of nitrogens with zero attached hydrogens (tertiary/aromatic N) is 3. The molecule has 1 aliphatic rings. The van der Waals surface area contributed by atoms with Crippen molar-refractivity contribution in [1.82, 2.24) is 15.0 Å². The fourth-order valence-corrected chi connectivity index (χ4v) is 1.82. The van der Waals surface area contributed by atoms with Crippen LogP contribution in [0.15, 0.2) is 4.52 Å². The molecule has 0 aliphatic carbocycles. The molecular weight excluding hydrogens is 240 g/mol. The first-order valence-corrected chi connectivity index (χ1v) is 5.76. The minimum Gasteiger partial charge on any atom is -0.338 e. The van der Waals surface area contributed by atoms with Gasteiger partial charge in [0.1, 0.15) is 0 Å². The van der Waals surface area contributed by atoms with Crippen molar-refractivity contribution in [3.05, 3.63) is 11.7 Å². The minimum absolute atomic E-state index is 0. The van der Waals surface area contributed by atoms with Crippen molar-refractivity contribution in [2.24, 2.45) is 5.73 Å². The second-order valence-electron chi connectivity index (χ2n) is 5.55. The third-order valence-corrected chi connectivity index (χ3v) is 2.81. The van der Waals surface area contributed by atoms with E-state index in [0.29, 0.717) is 11.9 Å². The molecular formula is C11H21ClN4O. The highest BCUT2D eigenvalue weighted by molar-refractivity contribution is 5.85. The van der Waals surface area contributed by atoms with Gasteiger partial charge in [-0.1, -0.05) is 25.9 Å². The van der Waals surface area contributed by atoms with Crippen LogP contribution in [0.4, 0.5) is 0 Å². The Kier molecular flexibility index (Phi) is 4.52. The van der Waals surface area contributed by atoms with Gasteiger partial charge in [0.2, 0.25) is 5.89 Å². The van der Waals surface area contributed by atoms with E-state index in [2.05, 4.69) is 35.8 Å². The highest BCUT2D eigenvalue weighted by atomic mass is 35.5. The Balaban J connectivity index is 0.00000144. The lowest BCUT2D eigenvalue weighted by molar-refractivity contribution is 0.264. The van der Waals surface area contributed by atoms with Crippen LogP contribution in [0.25, 0.3) is 0 Å².